The summed E-state index contributed by atoms with van der Waals surface area (Å²) in [4.78, 5) is 23.9. The number of nitrogens with zero attached hydrogens (tertiary/aromatic N) is 1. The van der Waals surface area contributed by atoms with E-state index in [-0.39, 0.29) is 18.4 Å². The van der Waals surface area contributed by atoms with E-state index in [9.17, 15) is 9.59 Å². The number of hydrogen-bond donors (Lipinski definition) is 2. The van der Waals surface area contributed by atoms with E-state index in [0.29, 0.717) is 13.1 Å². The van der Waals surface area contributed by atoms with Crippen molar-refractivity contribution in [2.75, 3.05) is 19.6 Å². The Bertz CT molecular complexity index is 312. The van der Waals surface area contributed by atoms with Crippen LogP contribution in [0.2, 0.25) is 0 Å². The molecule has 1 aliphatic rings. The lowest BCUT2D eigenvalue weighted by Gasteiger charge is -2.38. The Labute approximate surface area is 121 Å². The predicted octanol–water partition coefficient (Wildman–Crippen LogP) is 2.71. The van der Waals surface area contributed by atoms with E-state index in [1.54, 1.807) is 4.90 Å². The molecule has 0 radical (unpaired) electrons. The molecular formula is C15H28N2O3. The fraction of sp³-hybridized carbons (Fsp3) is 0.867. The number of aliphatic carboxylic acids is 1. The van der Waals surface area contributed by atoms with Crippen LogP contribution >= 0.6 is 0 Å². The van der Waals surface area contributed by atoms with Crippen molar-refractivity contribution in [2.45, 2.75) is 52.4 Å². The number of rotatable bonds is 9. The fourth-order valence-electron chi connectivity index (χ4n) is 2.45. The Balaban J connectivity index is 1.93. The summed E-state index contributed by atoms with van der Waals surface area (Å²) in [5.74, 6) is 0.130. The number of carbonyl (C=O) groups excluding carboxylic acids is 1. The Kier molecular flexibility index (Phi) is 7.41. The van der Waals surface area contributed by atoms with Crippen LogP contribution in [0.25, 0.3) is 0 Å². The maximum Gasteiger partial charge on any atom is 0.317 e. The third-order valence-corrected chi connectivity index (χ3v) is 3.69. The van der Waals surface area contributed by atoms with Crippen LogP contribution in [0.3, 0.4) is 0 Å². The van der Waals surface area contributed by atoms with Crippen LogP contribution in [0.4, 0.5) is 4.79 Å². The van der Waals surface area contributed by atoms with E-state index < -0.39 is 5.97 Å². The molecule has 0 saturated carbocycles. The molecule has 0 atom stereocenters. The summed E-state index contributed by atoms with van der Waals surface area (Å²) in [6, 6.07) is -0.0474. The first-order valence-electron chi connectivity index (χ1n) is 7.73. The van der Waals surface area contributed by atoms with Gasteiger partial charge in [-0.1, -0.05) is 39.5 Å². The maximum absolute atomic E-state index is 11.7. The molecule has 116 valence electrons. The van der Waals surface area contributed by atoms with Crippen LogP contribution in [-0.4, -0.2) is 41.6 Å². The van der Waals surface area contributed by atoms with Gasteiger partial charge in [0, 0.05) is 25.6 Å². The zero-order valence-electron chi connectivity index (χ0n) is 12.7. The van der Waals surface area contributed by atoms with Crippen LogP contribution in [0.15, 0.2) is 0 Å². The van der Waals surface area contributed by atoms with Crippen molar-refractivity contribution in [1.29, 1.82) is 0 Å². The van der Waals surface area contributed by atoms with Gasteiger partial charge in [0.2, 0.25) is 0 Å². The van der Waals surface area contributed by atoms with Gasteiger partial charge >= 0.3 is 12.0 Å². The summed E-state index contributed by atoms with van der Waals surface area (Å²) < 4.78 is 0. The summed E-state index contributed by atoms with van der Waals surface area (Å²) in [5, 5.41) is 11.5. The second-order valence-corrected chi connectivity index (χ2v) is 6.20. The second-order valence-electron chi connectivity index (χ2n) is 6.20. The quantitative estimate of drug-likeness (QED) is 0.640. The summed E-state index contributed by atoms with van der Waals surface area (Å²) in [6.45, 7) is 6.36. The van der Waals surface area contributed by atoms with E-state index in [2.05, 4.69) is 19.2 Å². The maximum atomic E-state index is 11.7. The molecule has 5 heteroatoms. The minimum atomic E-state index is -0.781. The molecule has 0 aromatic heterocycles. The minimum absolute atomic E-state index is 0.0474. The van der Waals surface area contributed by atoms with Crippen molar-refractivity contribution in [3.8, 4) is 0 Å². The highest BCUT2D eigenvalue weighted by Crippen LogP contribution is 2.18. The highest BCUT2D eigenvalue weighted by atomic mass is 16.4. The first-order valence-corrected chi connectivity index (χ1v) is 7.73. The van der Waals surface area contributed by atoms with Gasteiger partial charge in [-0.05, 0) is 12.3 Å². The van der Waals surface area contributed by atoms with Gasteiger partial charge < -0.3 is 15.3 Å². The van der Waals surface area contributed by atoms with E-state index in [4.69, 9.17) is 5.11 Å². The molecule has 1 saturated heterocycles. The smallest absolute Gasteiger partial charge is 0.317 e. The molecule has 1 rings (SSSR count). The molecule has 0 bridgehead atoms. The molecule has 0 aliphatic carbocycles. The van der Waals surface area contributed by atoms with Crippen molar-refractivity contribution < 1.29 is 14.7 Å². The Morgan fingerprint density at radius 3 is 2.45 bits per heavy atom. The molecule has 0 aromatic carbocycles. The second kappa shape index (κ2) is 8.82. The number of nitrogens with one attached hydrogen (secondary N) is 1. The van der Waals surface area contributed by atoms with Crippen molar-refractivity contribution in [2.24, 2.45) is 11.8 Å². The topological polar surface area (TPSA) is 69.6 Å². The molecule has 2 amide bonds. The van der Waals surface area contributed by atoms with Crippen LogP contribution < -0.4 is 5.32 Å². The SMILES string of the molecule is CC(C)CCCCCCNC(=O)N1CC(CC(=O)O)C1. The van der Waals surface area contributed by atoms with E-state index in [1.807, 2.05) is 0 Å². The number of carboxylic acids is 1. The number of carbonyl (C=O) groups is 2. The largest absolute Gasteiger partial charge is 0.481 e. The third kappa shape index (κ3) is 6.78. The van der Waals surface area contributed by atoms with E-state index in [1.165, 1.54) is 19.3 Å². The number of urea groups is 1. The molecule has 1 fully saturated rings. The number of carboxylic acid groups (broad SMARTS) is 1. The van der Waals surface area contributed by atoms with Gasteiger partial charge in [0.1, 0.15) is 0 Å². The third-order valence-electron chi connectivity index (χ3n) is 3.69. The fourth-order valence-corrected chi connectivity index (χ4v) is 2.45. The van der Waals surface area contributed by atoms with Crippen LogP contribution in [-0.2, 0) is 4.79 Å². The van der Waals surface area contributed by atoms with Crippen molar-refractivity contribution in [3.63, 3.8) is 0 Å². The van der Waals surface area contributed by atoms with Crippen LogP contribution in [0.1, 0.15) is 52.4 Å². The number of hydrogen-bond acceptors (Lipinski definition) is 2. The summed E-state index contributed by atoms with van der Waals surface area (Å²) in [6.07, 6.45) is 6.14. The van der Waals surface area contributed by atoms with E-state index >= 15 is 0 Å². The summed E-state index contributed by atoms with van der Waals surface area (Å²) in [5.41, 5.74) is 0. The molecule has 2 N–H and O–H groups in total. The lowest BCUT2D eigenvalue weighted by atomic mass is 9.97. The average molecular weight is 284 g/mol. The van der Waals surface area contributed by atoms with Gasteiger partial charge in [0.15, 0.2) is 0 Å². The average Bonchev–Trinajstić information content (AvgIpc) is 2.31. The molecule has 1 heterocycles. The van der Waals surface area contributed by atoms with Gasteiger partial charge in [-0.25, -0.2) is 4.79 Å². The first-order chi connectivity index (χ1) is 9.49. The predicted molar refractivity (Wildman–Crippen MR) is 78.6 cm³/mol. The van der Waals surface area contributed by atoms with Gasteiger partial charge in [-0.3, -0.25) is 4.79 Å². The standard InChI is InChI=1S/C15H28N2O3/c1-12(2)7-5-3-4-6-8-16-15(20)17-10-13(11-17)9-14(18)19/h12-13H,3-11H2,1-2H3,(H,16,20)(H,18,19). The van der Waals surface area contributed by atoms with Gasteiger partial charge in [0.25, 0.3) is 0 Å². The molecule has 0 spiro atoms. The highest BCUT2D eigenvalue weighted by molar-refractivity contribution is 5.75. The Morgan fingerprint density at radius 2 is 1.85 bits per heavy atom. The minimum Gasteiger partial charge on any atom is -0.481 e. The van der Waals surface area contributed by atoms with Crippen LogP contribution in [0.5, 0.6) is 0 Å². The highest BCUT2D eigenvalue weighted by Gasteiger charge is 2.31. The van der Waals surface area contributed by atoms with Gasteiger partial charge in [0.05, 0.1) is 6.42 Å². The summed E-state index contributed by atoms with van der Waals surface area (Å²) >= 11 is 0. The van der Waals surface area contributed by atoms with Gasteiger partial charge in [-0.2, -0.15) is 0 Å². The zero-order valence-corrected chi connectivity index (χ0v) is 12.7. The molecular weight excluding hydrogens is 256 g/mol. The van der Waals surface area contributed by atoms with Gasteiger partial charge in [-0.15, -0.1) is 0 Å². The number of unbranched alkanes of at least 4 members (excludes halogenated alkanes) is 3. The van der Waals surface area contributed by atoms with Crippen molar-refractivity contribution in [3.05, 3.63) is 0 Å². The molecule has 0 aromatic rings. The van der Waals surface area contributed by atoms with Crippen LogP contribution in [0, 0.1) is 11.8 Å². The first kappa shape index (κ1) is 16.8. The molecule has 1 aliphatic heterocycles. The normalized spacial score (nSPS) is 15.2. The van der Waals surface area contributed by atoms with Crippen molar-refractivity contribution >= 4 is 12.0 Å². The number of likely N-dealkylation sites (tertiary alicyclic amines) is 1. The molecule has 5 nitrogen and oxygen atoms in total. The Morgan fingerprint density at radius 1 is 1.20 bits per heavy atom. The molecule has 0 unspecified atom stereocenters. The van der Waals surface area contributed by atoms with E-state index in [0.717, 1.165) is 25.3 Å². The monoisotopic (exact) mass is 284 g/mol. The Hall–Kier alpha value is -1.26. The molecule has 20 heavy (non-hydrogen) atoms. The lowest BCUT2D eigenvalue weighted by molar-refractivity contribution is -0.139. The summed E-state index contributed by atoms with van der Waals surface area (Å²) in [7, 11) is 0. The zero-order chi connectivity index (χ0) is 15.0. The lowest BCUT2D eigenvalue weighted by Crippen LogP contribution is -2.54. The van der Waals surface area contributed by atoms with Crippen molar-refractivity contribution in [1.82, 2.24) is 10.2 Å². The number of amides is 2.